The van der Waals surface area contributed by atoms with Crippen LogP contribution < -0.4 is 19.1 Å². The SMILES string of the molecule is Cc1cccc(CN(C(=O)CN(c2ccc3c(c2)OCCO3)S(C)(=O)=O)[C@@H](C)C(=O)NC(C)C)c1. The van der Waals surface area contributed by atoms with E-state index in [-0.39, 0.29) is 24.2 Å². The Bertz CT molecular complexity index is 1180. The summed E-state index contributed by atoms with van der Waals surface area (Å²) in [4.78, 5) is 27.8. The highest BCUT2D eigenvalue weighted by Gasteiger charge is 2.31. The summed E-state index contributed by atoms with van der Waals surface area (Å²) in [5.41, 5.74) is 2.14. The van der Waals surface area contributed by atoms with Gasteiger partial charge < -0.3 is 19.7 Å². The molecule has 2 aromatic rings. The number of amides is 2. The molecule has 0 aromatic heterocycles. The molecular weight excluding hydrogens is 470 g/mol. The fraction of sp³-hybridized carbons (Fsp3) is 0.440. The van der Waals surface area contributed by atoms with Crippen LogP contribution in [0.4, 0.5) is 5.69 Å². The highest BCUT2D eigenvalue weighted by atomic mass is 32.2. The zero-order valence-corrected chi connectivity index (χ0v) is 21.6. The molecule has 0 fully saturated rings. The Balaban J connectivity index is 1.92. The molecule has 3 rings (SSSR count). The summed E-state index contributed by atoms with van der Waals surface area (Å²) in [6.45, 7) is 7.70. The number of sulfonamides is 1. The zero-order valence-electron chi connectivity index (χ0n) is 20.8. The molecule has 0 spiro atoms. The molecule has 2 aromatic carbocycles. The number of rotatable bonds is 9. The number of carbonyl (C=O) groups is 2. The Morgan fingerprint density at radius 3 is 2.34 bits per heavy atom. The van der Waals surface area contributed by atoms with Crippen molar-refractivity contribution in [2.75, 3.05) is 30.3 Å². The van der Waals surface area contributed by atoms with Crippen molar-refractivity contribution in [3.8, 4) is 11.5 Å². The van der Waals surface area contributed by atoms with E-state index < -0.39 is 28.5 Å². The van der Waals surface area contributed by atoms with Crippen molar-refractivity contribution in [3.05, 3.63) is 53.6 Å². The monoisotopic (exact) mass is 503 g/mol. The van der Waals surface area contributed by atoms with Crippen LogP contribution in [0.15, 0.2) is 42.5 Å². The molecule has 9 nitrogen and oxygen atoms in total. The Kier molecular flexibility index (Phi) is 8.26. The van der Waals surface area contributed by atoms with Crippen LogP contribution in [0, 0.1) is 6.92 Å². The number of fused-ring (bicyclic) bond motifs is 1. The second-order valence-corrected chi connectivity index (χ2v) is 10.9. The molecule has 1 heterocycles. The number of anilines is 1. The van der Waals surface area contributed by atoms with Gasteiger partial charge >= 0.3 is 0 Å². The number of carbonyl (C=O) groups excluding carboxylic acids is 2. The molecule has 1 aliphatic rings. The first-order valence-electron chi connectivity index (χ1n) is 11.5. The van der Waals surface area contributed by atoms with Crippen LogP contribution in [-0.2, 0) is 26.2 Å². The minimum Gasteiger partial charge on any atom is -0.486 e. The number of aryl methyl sites for hydroxylation is 1. The average Bonchev–Trinajstić information content (AvgIpc) is 2.79. The topological polar surface area (TPSA) is 105 Å². The Morgan fingerprint density at radius 1 is 1.03 bits per heavy atom. The van der Waals surface area contributed by atoms with E-state index in [9.17, 15) is 18.0 Å². The van der Waals surface area contributed by atoms with Gasteiger partial charge in [-0.05, 0) is 45.4 Å². The van der Waals surface area contributed by atoms with Gasteiger partial charge in [0.2, 0.25) is 21.8 Å². The Hall–Kier alpha value is -3.27. The number of nitrogens with one attached hydrogen (secondary N) is 1. The summed E-state index contributed by atoms with van der Waals surface area (Å²) in [5, 5.41) is 2.83. The van der Waals surface area contributed by atoms with E-state index in [1.54, 1.807) is 25.1 Å². The third kappa shape index (κ3) is 6.88. The predicted molar refractivity (Wildman–Crippen MR) is 134 cm³/mol. The van der Waals surface area contributed by atoms with Gasteiger partial charge in [-0.1, -0.05) is 29.8 Å². The molecule has 0 radical (unpaired) electrons. The molecule has 35 heavy (non-hydrogen) atoms. The van der Waals surface area contributed by atoms with Gasteiger partial charge in [-0.25, -0.2) is 8.42 Å². The van der Waals surface area contributed by atoms with Crippen LogP contribution in [-0.4, -0.2) is 63.2 Å². The normalized spacial score (nSPS) is 13.8. The molecular formula is C25H33N3O6S. The van der Waals surface area contributed by atoms with Gasteiger partial charge in [0.15, 0.2) is 11.5 Å². The molecule has 1 atom stereocenters. The van der Waals surface area contributed by atoms with Crippen LogP contribution in [0.3, 0.4) is 0 Å². The van der Waals surface area contributed by atoms with Gasteiger partial charge in [0.25, 0.3) is 0 Å². The molecule has 190 valence electrons. The van der Waals surface area contributed by atoms with E-state index in [4.69, 9.17) is 9.47 Å². The van der Waals surface area contributed by atoms with Crippen LogP contribution in [0.25, 0.3) is 0 Å². The molecule has 0 bridgehead atoms. The number of nitrogens with zero attached hydrogens (tertiary/aromatic N) is 2. The van der Waals surface area contributed by atoms with Crippen LogP contribution in [0.1, 0.15) is 31.9 Å². The molecule has 0 saturated heterocycles. The molecule has 0 aliphatic carbocycles. The first kappa shape index (κ1) is 26.3. The van der Waals surface area contributed by atoms with E-state index >= 15 is 0 Å². The minimum atomic E-state index is -3.83. The molecule has 1 aliphatic heterocycles. The van der Waals surface area contributed by atoms with Gasteiger partial charge in [0.05, 0.1) is 11.9 Å². The van der Waals surface area contributed by atoms with E-state index in [0.29, 0.717) is 24.7 Å². The molecule has 2 amide bonds. The maximum absolute atomic E-state index is 13.6. The molecule has 10 heteroatoms. The van der Waals surface area contributed by atoms with Crippen molar-refractivity contribution in [2.45, 2.75) is 46.3 Å². The Labute approximate surface area is 207 Å². The minimum absolute atomic E-state index is 0.105. The highest BCUT2D eigenvalue weighted by Crippen LogP contribution is 2.34. The van der Waals surface area contributed by atoms with Crippen molar-refractivity contribution in [1.82, 2.24) is 10.2 Å². The van der Waals surface area contributed by atoms with Gasteiger partial charge in [-0.15, -0.1) is 0 Å². The van der Waals surface area contributed by atoms with Gasteiger partial charge in [0.1, 0.15) is 25.8 Å². The van der Waals surface area contributed by atoms with E-state index in [1.807, 2.05) is 45.0 Å². The van der Waals surface area contributed by atoms with Crippen molar-refractivity contribution in [3.63, 3.8) is 0 Å². The summed E-state index contributed by atoms with van der Waals surface area (Å²) >= 11 is 0. The summed E-state index contributed by atoms with van der Waals surface area (Å²) in [7, 11) is -3.83. The largest absolute Gasteiger partial charge is 0.486 e. The summed E-state index contributed by atoms with van der Waals surface area (Å²) in [5.74, 6) is 0.112. The zero-order chi connectivity index (χ0) is 25.8. The van der Waals surface area contributed by atoms with Gasteiger partial charge in [-0.2, -0.15) is 0 Å². The van der Waals surface area contributed by atoms with E-state index in [2.05, 4.69) is 5.32 Å². The molecule has 0 saturated carbocycles. The first-order valence-corrected chi connectivity index (χ1v) is 13.3. The quantitative estimate of drug-likeness (QED) is 0.564. The highest BCUT2D eigenvalue weighted by molar-refractivity contribution is 7.92. The lowest BCUT2D eigenvalue weighted by Crippen LogP contribution is -2.52. The maximum Gasteiger partial charge on any atom is 0.244 e. The number of ether oxygens (including phenoxy) is 2. The number of benzene rings is 2. The van der Waals surface area contributed by atoms with Crippen LogP contribution in [0.5, 0.6) is 11.5 Å². The average molecular weight is 504 g/mol. The lowest BCUT2D eigenvalue weighted by atomic mass is 10.1. The second kappa shape index (κ2) is 11.0. The van der Waals surface area contributed by atoms with Gasteiger partial charge in [-0.3, -0.25) is 13.9 Å². The molecule has 1 N–H and O–H groups in total. The smallest absolute Gasteiger partial charge is 0.244 e. The fourth-order valence-corrected chi connectivity index (χ4v) is 4.64. The molecule has 0 unspecified atom stereocenters. The fourth-order valence-electron chi connectivity index (χ4n) is 3.80. The third-order valence-corrected chi connectivity index (χ3v) is 6.67. The second-order valence-electron chi connectivity index (χ2n) is 8.95. The maximum atomic E-state index is 13.6. The van der Waals surface area contributed by atoms with Crippen molar-refractivity contribution in [2.24, 2.45) is 0 Å². The van der Waals surface area contributed by atoms with E-state index in [0.717, 1.165) is 21.7 Å². The first-order chi connectivity index (χ1) is 16.5. The standard InChI is InChI=1S/C25H33N3O6S/c1-17(2)26-25(30)19(4)27(15-20-8-6-7-18(3)13-20)24(29)16-28(35(5,31)32)21-9-10-22-23(14-21)34-12-11-33-22/h6-10,13-14,17,19H,11-12,15-16H2,1-5H3,(H,26,30)/t19-/m0/s1. The van der Waals surface area contributed by atoms with Crippen LogP contribution in [0.2, 0.25) is 0 Å². The lowest BCUT2D eigenvalue weighted by molar-refractivity contribution is -0.139. The predicted octanol–water partition coefficient (Wildman–Crippen LogP) is 2.47. The third-order valence-electron chi connectivity index (χ3n) is 5.53. The van der Waals surface area contributed by atoms with Gasteiger partial charge in [0, 0.05) is 18.7 Å². The lowest BCUT2D eigenvalue weighted by Gasteiger charge is -2.32. The summed E-state index contributed by atoms with van der Waals surface area (Å²) < 4.78 is 37.5. The number of hydrogen-bond acceptors (Lipinski definition) is 6. The van der Waals surface area contributed by atoms with Crippen LogP contribution >= 0.6 is 0 Å². The number of hydrogen-bond donors (Lipinski definition) is 1. The van der Waals surface area contributed by atoms with Crippen molar-refractivity contribution < 1.29 is 27.5 Å². The van der Waals surface area contributed by atoms with Crippen molar-refractivity contribution in [1.29, 1.82) is 0 Å². The summed E-state index contributed by atoms with van der Waals surface area (Å²) in [6.07, 6.45) is 1.04. The van der Waals surface area contributed by atoms with Crippen molar-refractivity contribution >= 4 is 27.5 Å². The van der Waals surface area contributed by atoms with E-state index in [1.165, 1.54) is 4.90 Å². The Morgan fingerprint density at radius 2 is 1.71 bits per heavy atom. The summed E-state index contributed by atoms with van der Waals surface area (Å²) in [6, 6.07) is 11.4.